The second kappa shape index (κ2) is 24.0. The molecule has 0 saturated heterocycles. The van der Waals surface area contributed by atoms with Crippen LogP contribution in [0.4, 0.5) is 0 Å². The third-order valence-electron chi connectivity index (χ3n) is 4.02. The van der Waals surface area contributed by atoms with E-state index in [1.54, 1.807) is 20.8 Å². The van der Waals surface area contributed by atoms with Gasteiger partial charge >= 0.3 is 41.6 Å². The van der Waals surface area contributed by atoms with Crippen molar-refractivity contribution in [3.63, 3.8) is 0 Å². The van der Waals surface area contributed by atoms with Crippen LogP contribution < -0.4 is 15.3 Å². The van der Waals surface area contributed by atoms with E-state index in [0.717, 1.165) is 0 Å². The molecule has 0 heterocycles. The van der Waals surface area contributed by atoms with E-state index in [4.69, 9.17) is 4.74 Å². The molecule has 0 saturated carbocycles. The summed E-state index contributed by atoms with van der Waals surface area (Å²) in [4.78, 5) is 83.7. The molecule has 0 aliphatic heterocycles. The number of ether oxygens (including phenoxy) is 1. The van der Waals surface area contributed by atoms with Gasteiger partial charge in [0.15, 0.2) is 0 Å². The van der Waals surface area contributed by atoms with Crippen LogP contribution in [-0.2, 0) is 43.1 Å². The maximum atomic E-state index is 10.8. The first-order valence-electron chi connectivity index (χ1n) is 14.1. The van der Waals surface area contributed by atoms with Gasteiger partial charge < -0.3 is 34.4 Å². The average Bonchev–Trinajstić information content (AvgIpc) is 2.60. The van der Waals surface area contributed by atoms with Crippen molar-refractivity contribution >= 4 is 47.0 Å². The fourth-order valence-corrected chi connectivity index (χ4v) is 3.03. The van der Waals surface area contributed by atoms with E-state index in [-0.39, 0.29) is 81.4 Å². The van der Waals surface area contributed by atoms with Gasteiger partial charge in [-0.3, -0.25) is 24.0 Å². The topological polar surface area (TPSA) is 215 Å². The Morgan fingerprint density at radius 2 is 0.689 bits per heavy atom. The zero-order chi connectivity index (χ0) is 36.3. The third-order valence-corrected chi connectivity index (χ3v) is 4.02. The second-order valence-electron chi connectivity index (χ2n) is 14.9. The summed E-state index contributed by atoms with van der Waals surface area (Å²) in [6, 6.07) is 0. The monoisotopic (exact) mass is 768 g/mol. The molecule has 0 aliphatic rings. The van der Waals surface area contributed by atoms with Crippen molar-refractivity contribution in [2.24, 2.45) is 16.2 Å². The van der Waals surface area contributed by atoms with Gasteiger partial charge in [0.2, 0.25) is 0 Å². The molecule has 0 spiro atoms. The van der Waals surface area contributed by atoms with Crippen LogP contribution >= 0.6 is 0 Å². The molecule has 0 rings (SSSR count). The number of rotatable bonds is 11. The molecule has 0 aromatic rings. The number of aliphatic carboxylic acids is 3. The minimum Gasteiger partial charge on any atom is -0.550 e. The van der Waals surface area contributed by atoms with Crippen molar-refractivity contribution in [2.75, 3.05) is 0 Å². The van der Waals surface area contributed by atoms with E-state index in [2.05, 4.69) is 0 Å². The Kier molecular flexibility index (Phi) is 27.9. The van der Waals surface area contributed by atoms with Gasteiger partial charge in [-0.15, -0.1) is 0 Å². The number of hydrogen-bond acceptors (Lipinski definition) is 12. The van der Waals surface area contributed by atoms with E-state index < -0.39 is 48.7 Å². The Labute approximate surface area is 296 Å². The summed E-state index contributed by atoms with van der Waals surface area (Å²) in [7, 11) is 0. The standard InChI is InChI=1S/4C8H14O3.La/c3*1-8(2,3)5-6(9)4-7(10)11;1-6(9)5-7(10)11-8(2,3)4;/h3*4-5H2,1-3H3,(H,10,11);5H2,1-4H3;/q;;;;+3/p-3. The Morgan fingerprint density at radius 3 is 0.822 bits per heavy atom. The molecule has 45 heavy (non-hydrogen) atoms. The largest absolute Gasteiger partial charge is 3.00 e. The maximum Gasteiger partial charge on any atom is 3.00 e. The molecule has 0 unspecified atom stereocenters. The van der Waals surface area contributed by atoms with E-state index in [9.17, 15) is 53.7 Å². The molecule has 0 aliphatic carbocycles. The molecule has 0 aromatic carbocycles. The van der Waals surface area contributed by atoms with Gasteiger partial charge in [0.25, 0.3) is 0 Å². The van der Waals surface area contributed by atoms with E-state index in [1.165, 1.54) is 6.92 Å². The molecule has 0 aromatic heterocycles. The number of hydrogen-bond donors (Lipinski definition) is 0. The summed E-state index contributed by atoms with van der Waals surface area (Å²) in [5, 5.41) is 29.9. The molecule has 0 radical (unpaired) electrons. The predicted octanol–water partition coefficient (Wildman–Crippen LogP) is 1.70. The normalized spacial score (nSPS) is 10.9. The second-order valence-corrected chi connectivity index (χ2v) is 14.9. The van der Waals surface area contributed by atoms with Gasteiger partial charge in [-0.2, -0.15) is 0 Å². The molecule has 0 N–H and O–H groups in total. The van der Waals surface area contributed by atoms with Gasteiger partial charge in [-0.05, 0) is 43.9 Å². The molecule has 0 atom stereocenters. The summed E-state index contributed by atoms with van der Waals surface area (Å²) >= 11 is 0. The number of carboxylic acid groups (broad SMARTS) is 3. The van der Waals surface area contributed by atoms with Crippen molar-refractivity contribution in [1.29, 1.82) is 0 Å². The summed E-state index contributed by atoms with van der Waals surface area (Å²) in [5.41, 5.74) is -0.891. The minimum absolute atomic E-state index is 0. The van der Waals surface area contributed by atoms with Crippen LogP contribution in [0.5, 0.6) is 0 Å². The van der Waals surface area contributed by atoms with E-state index >= 15 is 0 Å². The van der Waals surface area contributed by atoms with Gasteiger partial charge in [0.1, 0.15) is 35.2 Å². The zero-order valence-electron chi connectivity index (χ0n) is 29.4. The number of carboxylic acids is 3. The molecular formula is C32H53LaO12. The third kappa shape index (κ3) is 57.9. The number of carbonyl (C=O) groups is 8. The van der Waals surface area contributed by atoms with Gasteiger partial charge in [0.05, 0.1) is 0 Å². The number of ketones is 4. The summed E-state index contributed by atoms with van der Waals surface area (Å²) < 4.78 is 4.89. The van der Waals surface area contributed by atoms with Crippen molar-refractivity contribution in [1.82, 2.24) is 0 Å². The van der Waals surface area contributed by atoms with Crippen LogP contribution in [-0.4, -0.2) is 52.6 Å². The fraction of sp³-hybridized carbons (Fsp3) is 0.750. The van der Waals surface area contributed by atoms with Crippen molar-refractivity contribution in [2.45, 2.75) is 141 Å². The minimum atomic E-state index is -1.29. The van der Waals surface area contributed by atoms with Crippen LogP contribution in [0.15, 0.2) is 0 Å². The van der Waals surface area contributed by atoms with Crippen LogP contribution in [0.2, 0.25) is 0 Å². The number of Topliss-reactive ketones (excluding diaryl/α,β-unsaturated/α-hetero) is 4. The number of carbonyl (C=O) groups excluding carboxylic acids is 8. The molecular weight excluding hydrogens is 715 g/mol. The van der Waals surface area contributed by atoms with Gasteiger partial charge in [0, 0.05) is 56.4 Å². The van der Waals surface area contributed by atoms with Crippen LogP contribution in [0.1, 0.15) is 135 Å². The maximum absolute atomic E-state index is 10.8. The fourth-order valence-electron chi connectivity index (χ4n) is 3.03. The summed E-state index contributed by atoms with van der Waals surface area (Å²) in [6.07, 6.45) is -0.633. The molecule has 12 nitrogen and oxygen atoms in total. The van der Waals surface area contributed by atoms with Crippen LogP contribution in [0.25, 0.3) is 0 Å². The Morgan fingerprint density at radius 1 is 0.467 bits per heavy atom. The van der Waals surface area contributed by atoms with Gasteiger partial charge in [-0.1, -0.05) is 62.3 Å². The summed E-state index contributed by atoms with van der Waals surface area (Å²) in [5.74, 6) is -5.30. The van der Waals surface area contributed by atoms with Crippen LogP contribution in [0, 0.1) is 51.8 Å². The van der Waals surface area contributed by atoms with Gasteiger partial charge in [-0.25, -0.2) is 0 Å². The molecule has 0 fully saturated rings. The average molecular weight is 769 g/mol. The quantitative estimate of drug-likeness (QED) is 0.217. The molecule has 13 heteroatoms. The Balaban J connectivity index is -0.000000157. The zero-order valence-corrected chi connectivity index (χ0v) is 33.1. The first-order chi connectivity index (χ1) is 19.2. The predicted molar refractivity (Wildman–Crippen MR) is 157 cm³/mol. The van der Waals surface area contributed by atoms with E-state index in [0.29, 0.717) is 19.3 Å². The first kappa shape index (κ1) is 52.3. The van der Waals surface area contributed by atoms with E-state index in [1.807, 2.05) is 62.3 Å². The van der Waals surface area contributed by atoms with Crippen molar-refractivity contribution in [3.05, 3.63) is 0 Å². The number of esters is 1. The summed E-state index contributed by atoms with van der Waals surface area (Å²) in [6.45, 7) is 23.7. The first-order valence-corrected chi connectivity index (χ1v) is 14.1. The molecule has 0 bridgehead atoms. The van der Waals surface area contributed by atoms with Crippen molar-refractivity contribution < 1.29 is 94.0 Å². The Bertz CT molecular complexity index is 826. The van der Waals surface area contributed by atoms with Crippen molar-refractivity contribution in [3.8, 4) is 0 Å². The molecule has 0 amide bonds. The van der Waals surface area contributed by atoms with Crippen LogP contribution in [0.3, 0.4) is 0 Å². The molecule has 256 valence electrons. The SMILES string of the molecule is CC(=O)CC(=O)OC(C)(C)C.CC(C)(C)CC(=O)CC(=O)[O-].CC(C)(C)CC(=O)CC(=O)[O-].CC(C)(C)CC(=O)CC(=O)[O-].[La+3]. The smallest absolute Gasteiger partial charge is 0.550 e. The Hall–Kier alpha value is -2.25.